The van der Waals surface area contributed by atoms with Crippen LogP contribution >= 0.6 is 24.0 Å². The van der Waals surface area contributed by atoms with Gasteiger partial charge in [0.1, 0.15) is 17.7 Å². The van der Waals surface area contributed by atoms with Crippen LogP contribution in [0.15, 0.2) is 29.3 Å². The molecule has 1 aromatic carbocycles. The first-order valence-electron chi connectivity index (χ1n) is 6.73. The van der Waals surface area contributed by atoms with Crippen molar-refractivity contribution in [3.63, 3.8) is 0 Å². The smallest absolute Gasteiger partial charge is 0.390 e. The fraction of sp³-hybridized carbons (Fsp3) is 0.500. The maximum absolute atomic E-state index is 12.8. The zero-order valence-corrected chi connectivity index (χ0v) is 15.1. The van der Waals surface area contributed by atoms with Crippen LogP contribution in [0.4, 0.5) is 17.6 Å². The Labute approximate surface area is 149 Å². The summed E-state index contributed by atoms with van der Waals surface area (Å²) in [5, 5.41) is 5.43. The number of hydrogen-bond acceptors (Lipinski definition) is 2. The van der Waals surface area contributed by atoms with Crippen molar-refractivity contribution in [2.75, 3.05) is 20.1 Å². The molecule has 4 nitrogen and oxygen atoms in total. The molecule has 0 spiro atoms. The maximum Gasteiger partial charge on any atom is 0.390 e. The van der Waals surface area contributed by atoms with Crippen molar-refractivity contribution in [2.24, 2.45) is 4.99 Å². The summed E-state index contributed by atoms with van der Waals surface area (Å²) in [4.78, 5) is 3.82. The van der Waals surface area contributed by atoms with E-state index >= 15 is 0 Å². The van der Waals surface area contributed by atoms with E-state index in [-0.39, 0.29) is 48.4 Å². The predicted octanol–water partition coefficient (Wildman–Crippen LogP) is 3.33. The molecular weight excluding hydrogens is 429 g/mol. The Balaban J connectivity index is 0.00000484. The third-order valence-electron chi connectivity index (χ3n) is 2.63. The molecule has 0 aliphatic rings. The zero-order chi connectivity index (χ0) is 16.6. The van der Waals surface area contributed by atoms with Crippen LogP contribution in [0.2, 0.25) is 0 Å². The van der Waals surface area contributed by atoms with E-state index in [1.54, 1.807) is 6.92 Å². The molecule has 0 heterocycles. The molecule has 23 heavy (non-hydrogen) atoms. The number of hydrogen-bond donors (Lipinski definition) is 2. The van der Waals surface area contributed by atoms with Gasteiger partial charge in [-0.2, -0.15) is 13.2 Å². The molecule has 2 N–H and O–H groups in total. The van der Waals surface area contributed by atoms with Gasteiger partial charge < -0.3 is 15.4 Å². The lowest BCUT2D eigenvalue weighted by molar-refractivity contribution is -0.132. The van der Waals surface area contributed by atoms with Gasteiger partial charge in [0.2, 0.25) is 0 Å². The third kappa shape index (κ3) is 10.2. The zero-order valence-electron chi connectivity index (χ0n) is 12.8. The molecule has 0 fully saturated rings. The van der Waals surface area contributed by atoms with Gasteiger partial charge in [-0.3, -0.25) is 4.99 Å². The molecular formula is C14H20F4IN3O. The Bertz CT molecular complexity index is 480. The van der Waals surface area contributed by atoms with Gasteiger partial charge in [0, 0.05) is 13.6 Å². The van der Waals surface area contributed by atoms with Crippen LogP contribution in [-0.2, 0) is 0 Å². The molecule has 0 saturated heterocycles. The average Bonchev–Trinajstić information content (AvgIpc) is 2.44. The second kappa shape index (κ2) is 10.5. The molecule has 132 valence electrons. The number of ether oxygens (including phenoxy) is 1. The minimum absolute atomic E-state index is 0. The molecule has 0 bridgehead atoms. The number of halogens is 5. The van der Waals surface area contributed by atoms with Crippen LogP contribution in [0.5, 0.6) is 5.75 Å². The normalized spacial score (nSPS) is 13.0. The van der Waals surface area contributed by atoms with E-state index in [4.69, 9.17) is 4.74 Å². The van der Waals surface area contributed by atoms with E-state index in [0.29, 0.717) is 12.3 Å². The summed E-state index contributed by atoms with van der Waals surface area (Å²) < 4.78 is 54.4. The number of benzene rings is 1. The molecule has 1 unspecified atom stereocenters. The number of guanidine groups is 1. The topological polar surface area (TPSA) is 45.7 Å². The highest BCUT2D eigenvalue weighted by atomic mass is 127. The molecule has 0 saturated carbocycles. The van der Waals surface area contributed by atoms with Crippen molar-refractivity contribution >= 4 is 29.9 Å². The van der Waals surface area contributed by atoms with Gasteiger partial charge in [0.15, 0.2) is 5.96 Å². The van der Waals surface area contributed by atoms with Crippen LogP contribution in [0.25, 0.3) is 0 Å². The fourth-order valence-corrected chi connectivity index (χ4v) is 1.57. The number of rotatable bonds is 6. The summed E-state index contributed by atoms with van der Waals surface area (Å²) in [5.41, 5.74) is 0. The SMILES string of the molecule is CN=C(NCCC(F)(F)F)NCC(C)Oc1ccc(F)cc1.I. The van der Waals surface area contributed by atoms with E-state index in [1.807, 2.05) is 0 Å². The van der Waals surface area contributed by atoms with Gasteiger partial charge in [-0.15, -0.1) is 24.0 Å². The van der Waals surface area contributed by atoms with E-state index in [0.717, 1.165) is 0 Å². The van der Waals surface area contributed by atoms with E-state index < -0.39 is 12.6 Å². The minimum atomic E-state index is -4.20. The summed E-state index contributed by atoms with van der Waals surface area (Å²) >= 11 is 0. The highest BCUT2D eigenvalue weighted by Crippen LogP contribution is 2.18. The Morgan fingerprint density at radius 2 is 1.83 bits per heavy atom. The van der Waals surface area contributed by atoms with Crippen molar-refractivity contribution in [1.29, 1.82) is 0 Å². The van der Waals surface area contributed by atoms with Crippen LogP contribution in [0, 0.1) is 5.82 Å². The molecule has 0 amide bonds. The first-order valence-corrected chi connectivity index (χ1v) is 6.73. The molecule has 1 aromatic rings. The highest BCUT2D eigenvalue weighted by molar-refractivity contribution is 14.0. The molecule has 0 aromatic heterocycles. The molecule has 0 aliphatic carbocycles. The van der Waals surface area contributed by atoms with E-state index in [9.17, 15) is 17.6 Å². The Hall–Kier alpha value is -1.26. The molecule has 1 rings (SSSR count). The number of nitrogens with one attached hydrogen (secondary N) is 2. The van der Waals surface area contributed by atoms with Crippen molar-refractivity contribution in [1.82, 2.24) is 10.6 Å². The van der Waals surface area contributed by atoms with Gasteiger partial charge in [0.25, 0.3) is 0 Å². The standard InChI is InChI=1S/C14H19F4N3O.HI/c1-10(22-12-5-3-11(15)4-6-12)9-21-13(19-2)20-8-7-14(16,17)18;/h3-6,10H,7-9H2,1-2H3,(H2,19,20,21);1H. The molecule has 0 radical (unpaired) electrons. The van der Waals surface area contributed by atoms with Crippen molar-refractivity contribution in [3.8, 4) is 5.75 Å². The highest BCUT2D eigenvalue weighted by Gasteiger charge is 2.26. The molecule has 9 heteroatoms. The lowest BCUT2D eigenvalue weighted by Crippen LogP contribution is -2.42. The predicted molar refractivity (Wildman–Crippen MR) is 91.9 cm³/mol. The third-order valence-corrected chi connectivity index (χ3v) is 2.63. The Morgan fingerprint density at radius 1 is 1.22 bits per heavy atom. The van der Waals surface area contributed by atoms with Gasteiger partial charge >= 0.3 is 6.18 Å². The van der Waals surface area contributed by atoms with Gasteiger partial charge in [-0.05, 0) is 31.2 Å². The van der Waals surface area contributed by atoms with Crippen LogP contribution < -0.4 is 15.4 Å². The second-order valence-corrected chi connectivity index (χ2v) is 4.63. The van der Waals surface area contributed by atoms with Crippen molar-refractivity contribution in [2.45, 2.75) is 25.6 Å². The lowest BCUT2D eigenvalue weighted by atomic mass is 10.3. The van der Waals surface area contributed by atoms with Crippen LogP contribution in [-0.4, -0.2) is 38.4 Å². The number of alkyl halides is 3. The first-order chi connectivity index (χ1) is 10.3. The minimum Gasteiger partial charge on any atom is -0.489 e. The number of aliphatic imine (C=N–C) groups is 1. The van der Waals surface area contributed by atoms with Gasteiger partial charge in [0.05, 0.1) is 13.0 Å². The van der Waals surface area contributed by atoms with Gasteiger partial charge in [-0.25, -0.2) is 4.39 Å². The first kappa shape index (κ1) is 21.7. The summed E-state index contributed by atoms with van der Waals surface area (Å²) in [6.45, 7) is 1.86. The maximum atomic E-state index is 12.8. The monoisotopic (exact) mass is 449 g/mol. The molecule has 1 atom stereocenters. The van der Waals surface area contributed by atoms with Crippen molar-refractivity contribution in [3.05, 3.63) is 30.1 Å². The summed E-state index contributed by atoms with van der Waals surface area (Å²) in [5.74, 6) is 0.418. The summed E-state index contributed by atoms with van der Waals surface area (Å²) in [7, 11) is 1.47. The summed E-state index contributed by atoms with van der Waals surface area (Å²) in [6.07, 6.45) is -5.41. The Kier molecular flexibility index (Phi) is 9.93. The number of nitrogens with zero attached hydrogens (tertiary/aromatic N) is 1. The average molecular weight is 449 g/mol. The largest absolute Gasteiger partial charge is 0.489 e. The van der Waals surface area contributed by atoms with Crippen LogP contribution in [0.3, 0.4) is 0 Å². The second-order valence-electron chi connectivity index (χ2n) is 4.63. The van der Waals surface area contributed by atoms with E-state index in [1.165, 1.54) is 31.3 Å². The van der Waals surface area contributed by atoms with Gasteiger partial charge in [-0.1, -0.05) is 0 Å². The lowest BCUT2D eigenvalue weighted by Gasteiger charge is -2.18. The van der Waals surface area contributed by atoms with E-state index in [2.05, 4.69) is 15.6 Å². The Morgan fingerprint density at radius 3 is 2.35 bits per heavy atom. The fourth-order valence-electron chi connectivity index (χ4n) is 1.57. The quantitative estimate of drug-likeness (QED) is 0.303. The van der Waals surface area contributed by atoms with Crippen LogP contribution in [0.1, 0.15) is 13.3 Å². The van der Waals surface area contributed by atoms with Crippen molar-refractivity contribution < 1.29 is 22.3 Å². The summed E-state index contributed by atoms with van der Waals surface area (Å²) in [6, 6.07) is 5.57. The molecule has 0 aliphatic heterocycles.